The zero-order valence-electron chi connectivity index (χ0n) is 18.5. The zero-order valence-corrected chi connectivity index (χ0v) is 20.1. The molecule has 3 saturated heterocycles. The number of aliphatic carboxylic acids is 1. The summed E-state index contributed by atoms with van der Waals surface area (Å²) in [5, 5.41) is 19.5. The van der Waals surface area contributed by atoms with Gasteiger partial charge in [0.25, 0.3) is 5.91 Å². The summed E-state index contributed by atoms with van der Waals surface area (Å²) in [6, 6.07) is 6.24. The van der Waals surface area contributed by atoms with E-state index in [9.17, 15) is 24.6 Å². The molecular formula is C24H29ClN2O5S. The number of carboxylic acid groups (broad SMARTS) is 1. The van der Waals surface area contributed by atoms with E-state index in [1.54, 1.807) is 40.1 Å². The monoisotopic (exact) mass is 492 g/mol. The van der Waals surface area contributed by atoms with Gasteiger partial charge in [-0.05, 0) is 37.3 Å². The van der Waals surface area contributed by atoms with Crippen molar-refractivity contribution in [3.8, 4) is 0 Å². The number of likely N-dealkylation sites (tertiary alicyclic amines) is 1. The molecule has 3 heterocycles. The van der Waals surface area contributed by atoms with E-state index in [0.29, 0.717) is 36.5 Å². The standard InChI is InChI=1S/C24H29ClN2O5S/c1-3-10-26(16-9-5-4-8-15(16)25)22(30)20-24-14(2)13-17(33-24)18(23(31)32)19(24)21(29)27(20)11-6-7-12-28/h3-5,8-9,14,17-20,28H,1,6-7,10-13H2,2H3,(H,31,32)/t14?,17-,18+,19-,20?,24?/m0/s1. The highest BCUT2D eigenvalue weighted by Crippen LogP contribution is 2.68. The Kier molecular flexibility index (Phi) is 6.80. The number of carbonyl (C=O) groups is 3. The second-order valence-electron chi connectivity index (χ2n) is 9.04. The Balaban J connectivity index is 1.81. The molecule has 4 rings (SSSR count). The smallest absolute Gasteiger partial charge is 0.308 e. The molecule has 3 aliphatic rings. The lowest BCUT2D eigenvalue weighted by Crippen LogP contribution is -2.57. The van der Waals surface area contributed by atoms with Crippen LogP contribution in [-0.4, -0.2) is 68.6 Å². The number of carboxylic acids is 1. The fourth-order valence-electron chi connectivity index (χ4n) is 5.97. The first-order valence-electron chi connectivity index (χ1n) is 11.3. The third-order valence-corrected chi connectivity index (χ3v) is 9.69. The lowest BCUT2D eigenvalue weighted by molar-refractivity contribution is -0.149. The highest BCUT2D eigenvalue weighted by molar-refractivity contribution is 8.02. The molecule has 1 aromatic rings. The van der Waals surface area contributed by atoms with E-state index in [2.05, 4.69) is 6.58 Å². The van der Waals surface area contributed by atoms with E-state index in [1.165, 1.54) is 11.8 Å². The van der Waals surface area contributed by atoms with E-state index in [4.69, 9.17) is 11.6 Å². The maximum atomic E-state index is 14.2. The van der Waals surface area contributed by atoms with Gasteiger partial charge in [-0.1, -0.05) is 36.7 Å². The predicted molar refractivity (Wildman–Crippen MR) is 128 cm³/mol. The summed E-state index contributed by atoms with van der Waals surface area (Å²) < 4.78 is -0.804. The molecule has 1 spiro atoms. The van der Waals surface area contributed by atoms with Crippen molar-refractivity contribution in [3.05, 3.63) is 41.9 Å². The number of fused-ring (bicyclic) bond motifs is 1. The molecule has 0 aliphatic carbocycles. The Morgan fingerprint density at radius 3 is 2.73 bits per heavy atom. The fourth-order valence-corrected chi connectivity index (χ4v) is 8.62. The number of unbranched alkanes of at least 4 members (excludes halogenated alkanes) is 1. The van der Waals surface area contributed by atoms with Crippen LogP contribution in [-0.2, 0) is 14.4 Å². The van der Waals surface area contributed by atoms with Crippen LogP contribution < -0.4 is 4.90 Å². The van der Waals surface area contributed by atoms with Crippen LogP contribution in [0.25, 0.3) is 0 Å². The van der Waals surface area contributed by atoms with Gasteiger partial charge in [0.05, 0.1) is 27.3 Å². The minimum absolute atomic E-state index is 0.00525. The van der Waals surface area contributed by atoms with Crippen LogP contribution in [0.3, 0.4) is 0 Å². The van der Waals surface area contributed by atoms with Gasteiger partial charge in [-0.3, -0.25) is 14.4 Å². The number of hydrogen-bond acceptors (Lipinski definition) is 5. The number of halogens is 1. The topological polar surface area (TPSA) is 98.2 Å². The van der Waals surface area contributed by atoms with Crippen LogP contribution in [0.2, 0.25) is 5.02 Å². The van der Waals surface area contributed by atoms with Crippen LogP contribution in [0, 0.1) is 17.8 Å². The average Bonchev–Trinajstić information content (AvgIpc) is 3.36. The summed E-state index contributed by atoms with van der Waals surface area (Å²) in [6.45, 7) is 6.31. The van der Waals surface area contributed by atoms with Gasteiger partial charge in [0, 0.05) is 24.9 Å². The molecule has 178 valence electrons. The molecule has 3 aliphatic heterocycles. The largest absolute Gasteiger partial charge is 0.481 e. The normalized spacial score (nSPS) is 32.2. The Hall–Kier alpha value is -2.03. The number of aliphatic hydroxyl groups is 1. The lowest BCUT2D eigenvalue weighted by Gasteiger charge is -2.40. The minimum Gasteiger partial charge on any atom is -0.481 e. The molecule has 0 saturated carbocycles. The molecular weight excluding hydrogens is 464 g/mol. The molecule has 3 unspecified atom stereocenters. The van der Waals surface area contributed by atoms with E-state index >= 15 is 0 Å². The molecule has 2 N–H and O–H groups in total. The predicted octanol–water partition coefficient (Wildman–Crippen LogP) is 3.05. The van der Waals surface area contributed by atoms with Crippen LogP contribution >= 0.6 is 23.4 Å². The molecule has 6 atom stereocenters. The molecule has 9 heteroatoms. The lowest BCUT2D eigenvalue weighted by atomic mass is 9.66. The molecule has 2 bridgehead atoms. The number of para-hydroxylation sites is 1. The minimum atomic E-state index is -0.975. The third kappa shape index (κ3) is 3.67. The zero-order chi connectivity index (χ0) is 23.9. The van der Waals surface area contributed by atoms with Crippen LogP contribution in [0.5, 0.6) is 0 Å². The van der Waals surface area contributed by atoms with Crippen LogP contribution in [0.4, 0.5) is 5.69 Å². The number of hydrogen-bond donors (Lipinski definition) is 2. The average molecular weight is 493 g/mol. The van der Waals surface area contributed by atoms with Crippen molar-refractivity contribution in [2.45, 2.75) is 42.2 Å². The number of carbonyl (C=O) groups excluding carboxylic acids is 2. The van der Waals surface area contributed by atoms with Crippen molar-refractivity contribution in [2.24, 2.45) is 17.8 Å². The maximum absolute atomic E-state index is 14.2. The highest BCUT2D eigenvalue weighted by Gasteiger charge is 2.76. The highest BCUT2D eigenvalue weighted by atomic mass is 35.5. The molecule has 0 aromatic heterocycles. The van der Waals surface area contributed by atoms with Gasteiger partial charge in [0.1, 0.15) is 6.04 Å². The third-order valence-electron chi connectivity index (χ3n) is 7.29. The maximum Gasteiger partial charge on any atom is 0.308 e. The Morgan fingerprint density at radius 1 is 1.36 bits per heavy atom. The van der Waals surface area contributed by atoms with Gasteiger partial charge in [-0.15, -0.1) is 18.3 Å². The Bertz CT molecular complexity index is 974. The first-order chi connectivity index (χ1) is 15.8. The van der Waals surface area contributed by atoms with Gasteiger partial charge >= 0.3 is 5.97 Å². The SMILES string of the molecule is C=CCN(C(=O)C1N(CCCCO)C(=O)[C@@H]2[C@H](C(=O)O)[C@@H]3CC(C)C12S3)c1ccccc1Cl. The molecule has 3 fully saturated rings. The van der Waals surface area contributed by atoms with Gasteiger partial charge in [-0.25, -0.2) is 0 Å². The molecule has 7 nitrogen and oxygen atoms in total. The number of anilines is 1. The second-order valence-corrected chi connectivity index (χ2v) is 11.0. The van der Waals surface area contributed by atoms with Gasteiger partial charge in [0.2, 0.25) is 5.91 Å². The van der Waals surface area contributed by atoms with Crippen LogP contribution in [0.1, 0.15) is 26.2 Å². The van der Waals surface area contributed by atoms with Gasteiger partial charge in [-0.2, -0.15) is 0 Å². The summed E-state index contributed by atoms with van der Waals surface area (Å²) in [6.07, 6.45) is 3.30. The quantitative estimate of drug-likeness (QED) is 0.406. The number of rotatable bonds is 9. The molecule has 33 heavy (non-hydrogen) atoms. The number of nitrogens with zero attached hydrogens (tertiary/aromatic N) is 2. The summed E-state index contributed by atoms with van der Waals surface area (Å²) in [7, 11) is 0. The first-order valence-corrected chi connectivity index (χ1v) is 12.5. The molecule has 2 amide bonds. The number of thioether (sulfide) groups is 1. The van der Waals surface area contributed by atoms with Crippen molar-refractivity contribution in [2.75, 3.05) is 24.6 Å². The number of benzene rings is 1. The fraction of sp³-hybridized carbons (Fsp3) is 0.542. The van der Waals surface area contributed by atoms with Gasteiger partial charge in [0.15, 0.2) is 0 Å². The van der Waals surface area contributed by atoms with Crippen molar-refractivity contribution in [1.82, 2.24) is 4.90 Å². The van der Waals surface area contributed by atoms with Crippen LogP contribution in [0.15, 0.2) is 36.9 Å². The number of aliphatic hydroxyl groups excluding tert-OH is 1. The van der Waals surface area contributed by atoms with E-state index < -0.39 is 28.6 Å². The summed E-state index contributed by atoms with van der Waals surface area (Å²) in [4.78, 5) is 43.3. The molecule has 0 radical (unpaired) electrons. The van der Waals surface area contributed by atoms with Gasteiger partial charge < -0.3 is 20.0 Å². The van der Waals surface area contributed by atoms with Crippen molar-refractivity contribution in [1.29, 1.82) is 0 Å². The van der Waals surface area contributed by atoms with E-state index in [-0.39, 0.29) is 36.1 Å². The second kappa shape index (κ2) is 9.31. The molecule has 1 aromatic carbocycles. The summed E-state index contributed by atoms with van der Waals surface area (Å²) in [5.41, 5.74) is 0.534. The van der Waals surface area contributed by atoms with E-state index in [0.717, 1.165) is 0 Å². The van der Waals surface area contributed by atoms with Crippen molar-refractivity contribution >= 4 is 46.8 Å². The van der Waals surface area contributed by atoms with Crippen molar-refractivity contribution in [3.63, 3.8) is 0 Å². The summed E-state index contributed by atoms with van der Waals surface area (Å²) >= 11 is 7.95. The Labute approximate surface area is 202 Å². The van der Waals surface area contributed by atoms with Crippen molar-refractivity contribution < 1.29 is 24.6 Å². The summed E-state index contributed by atoms with van der Waals surface area (Å²) in [5.74, 6) is -3.05. The first kappa shape index (κ1) is 24.1. The Morgan fingerprint density at radius 2 is 2.09 bits per heavy atom. The van der Waals surface area contributed by atoms with E-state index in [1.807, 2.05) is 6.92 Å². The number of amides is 2.